The van der Waals surface area contributed by atoms with Crippen LogP contribution >= 0.6 is 11.8 Å². The number of halogens is 2. The van der Waals surface area contributed by atoms with E-state index in [1.54, 1.807) is 11.8 Å². The summed E-state index contributed by atoms with van der Waals surface area (Å²) in [6, 6.07) is 3.30. The Morgan fingerprint density at radius 1 is 1.32 bits per heavy atom. The molecule has 1 aliphatic rings. The Morgan fingerprint density at radius 3 is 2.63 bits per heavy atom. The van der Waals surface area contributed by atoms with Crippen LogP contribution in [0.4, 0.5) is 8.78 Å². The van der Waals surface area contributed by atoms with Crippen molar-refractivity contribution >= 4 is 17.5 Å². The van der Waals surface area contributed by atoms with Crippen LogP contribution in [0.25, 0.3) is 0 Å². The minimum absolute atomic E-state index is 0.157. The molecule has 0 radical (unpaired) electrons. The number of carbonyl (C=O) groups is 1. The first-order chi connectivity index (χ1) is 9.08. The number of rotatable bonds is 4. The van der Waals surface area contributed by atoms with Crippen LogP contribution in [0.5, 0.6) is 0 Å². The van der Waals surface area contributed by atoms with Gasteiger partial charge in [-0.15, -0.1) is 11.8 Å². The predicted molar refractivity (Wildman–Crippen MR) is 71.6 cm³/mol. The van der Waals surface area contributed by atoms with Crippen molar-refractivity contribution in [3.05, 3.63) is 35.4 Å². The van der Waals surface area contributed by atoms with Crippen LogP contribution in [0.3, 0.4) is 0 Å². The van der Waals surface area contributed by atoms with Crippen LogP contribution in [0.15, 0.2) is 18.2 Å². The summed E-state index contributed by atoms with van der Waals surface area (Å²) in [5.74, 6) is -2.06. The summed E-state index contributed by atoms with van der Waals surface area (Å²) >= 11 is 1.59. The zero-order valence-electron chi connectivity index (χ0n) is 10.7. The Labute approximate surface area is 115 Å². The van der Waals surface area contributed by atoms with E-state index in [1.165, 1.54) is 6.07 Å². The lowest BCUT2D eigenvalue weighted by Crippen LogP contribution is -2.23. The number of carbonyl (C=O) groups excluding carboxylic acids is 1. The molecule has 1 aromatic carbocycles. The number of benzene rings is 1. The maximum atomic E-state index is 13.1. The van der Waals surface area contributed by atoms with Crippen molar-refractivity contribution in [3.63, 3.8) is 0 Å². The second-order valence-corrected chi connectivity index (χ2v) is 6.23. The van der Waals surface area contributed by atoms with Gasteiger partial charge >= 0.3 is 0 Å². The third-order valence-electron chi connectivity index (χ3n) is 3.14. The van der Waals surface area contributed by atoms with Crippen LogP contribution in [0, 0.1) is 11.6 Å². The highest BCUT2D eigenvalue weighted by Crippen LogP contribution is 2.28. The molecular weight excluding hydrogens is 270 g/mol. The summed E-state index contributed by atoms with van der Waals surface area (Å²) in [4.78, 5) is 12.1. The molecule has 1 aromatic rings. The first-order valence-electron chi connectivity index (χ1n) is 6.30. The Bertz CT molecular complexity index is 459. The van der Waals surface area contributed by atoms with Gasteiger partial charge in [0.1, 0.15) is 0 Å². The number of hydrogen-bond donors (Lipinski definition) is 0. The lowest BCUT2D eigenvalue weighted by Gasteiger charge is -2.24. The zero-order chi connectivity index (χ0) is 13.8. The molecule has 0 bridgehead atoms. The van der Waals surface area contributed by atoms with E-state index in [2.05, 4.69) is 0 Å². The van der Waals surface area contributed by atoms with Crippen molar-refractivity contribution in [2.45, 2.75) is 30.3 Å². The standard InChI is InChI=1S/C14H16F2O2S/c1-9(19-11-4-6-18-7-5-11)14(17)10-2-3-12(15)13(16)8-10/h2-3,8-9,11H,4-7H2,1H3. The largest absolute Gasteiger partial charge is 0.381 e. The molecule has 1 heterocycles. The van der Waals surface area contributed by atoms with Gasteiger partial charge in [-0.3, -0.25) is 4.79 Å². The molecule has 1 aliphatic heterocycles. The molecule has 2 rings (SSSR count). The van der Waals surface area contributed by atoms with Gasteiger partial charge in [-0.1, -0.05) is 0 Å². The number of ether oxygens (including phenoxy) is 1. The molecule has 104 valence electrons. The van der Waals surface area contributed by atoms with E-state index in [1.807, 2.05) is 6.92 Å². The van der Waals surface area contributed by atoms with E-state index in [0.29, 0.717) is 5.25 Å². The molecule has 0 aromatic heterocycles. The quantitative estimate of drug-likeness (QED) is 0.793. The molecule has 2 nitrogen and oxygen atoms in total. The molecule has 5 heteroatoms. The minimum atomic E-state index is -0.978. The molecule has 0 saturated carbocycles. The molecule has 0 aliphatic carbocycles. The van der Waals surface area contributed by atoms with Crippen LogP contribution in [0.2, 0.25) is 0 Å². The van der Waals surface area contributed by atoms with Gasteiger partial charge in [0, 0.05) is 24.0 Å². The van der Waals surface area contributed by atoms with Gasteiger partial charge in [-0.05, 0) is 38.0 Å². The fourth-order valence-corrected chi connectivity index (χ4v) is 3.35. The third kappa shape index (κ3) is 3.76. The number of thioether (sulfide) groups is 1. The minimum Gasteiger partial charge on any atom is -0.381 e. The molecule has 0 amide bonds. The number of Topliss-reactive ketones (excluding diaryl/α,β-unsaturated/α-hetero) is 1. The monoisotopic (exact) mass is 286 g/mol. The third-order valence-corrected chi connectivity index (χ3v) is 4.62. The summed E-state index contributed by atoms with van der Waals surface area (Å²) in [6.07, 6.45) is 1.86. The van der Waals surface area contributed by atoms with Crippen molar-refractivity contribution in [1.82, 2.24) is 0 Å². The van der Waals surface area contributed by atoms with Crippen molar-refractivity contribution in [2.75, 3.05) is 13.2 Å². The van der Waals surface area contributed by atoms with Gasteiger partial charge in [0.05, 0.1) is 5.25 Å². The van der Waals surface area contributed by atoms with Gasteiger partial charge in [0.25, 0.3) is 0 Å². The van der Waals surface area contributed by atoms with Crippen LogP contribution < -0.4 is 0 Å². The number of hydrogen-bond acceptors (Lipinski definition) is 3. The summed E-state index contributed by atoms with van der Waals surface area (Å²) in [5.41, 5.74) is 0.228. The molecular formula is C14H16F2O2S. The molecule has 1 unspecified atom stereocenters. The maximum Gasteiger partial charge on any atom is 0.175 e. The van der Waals surface area contributed by atoms with Crippen molar-refractivity contribution in [1.29, 1.82) is 0 Å². The van der Waals surface area contributed by atoms with E-state index in [4.69, 9.17) is 4.74 Å². The van der Waals surface area contributed by atoms with E-state index < -0.39 is 11.6 Å². The first-order valence-corrected chi connectivity index (χ1v) is 7.24. The highest BCUT2D eigenvalue weighted by atomic mass is 32.2. The summed E-state index contributed by atoms with van der Waals surface area (Å²) in [7, 11) is 0. The van der Waals surface area contributed by atoms with Crippen LogP contribution in [-0.2, 0) is 4.74 Å². The lowest BCUT2D eigenvalue weighted by atomic mass is 10.1. The van der Waals surface area contributed by atoms with Gasteiger partial charge < -0.3 is 4.74 Å². The average Bonchev–Trinajstić information content (AvgIpc) is 2.42. The van der Waals surface area contributed by atoms with Gasteiger partial charge in [0.2, 0.25) is 0 Å². The number of ketones is 1. The molecule has 0 N–H and O–H groups in total. The molecule has 0 spiro atoms. The molecule has 1 atom stereocenters. The lowest BCUT2D eigenvalue weighted by molar-refractivity contribution is 0.0973. The smallest absolute Gasteiger partial charge is 0.175 e. The Balaban J connectivity index is 1.99. The highest BCUT2D eigenvalue weighted by Gasteiger charge is 2.23. The topological polar surface area (TPSA) is 26.3 Å². The van der Waals surface area contributed by atoms with E-state index in [-0.39, 0.29) is 16.6 Å². The second-order valence-electron chi connectivity index (χ2n) is 4.58. The summed E-state index contributed by atoms with van der Waals surface area (Å²) in [6.45, 7) is 3.26. The van der Waals surface area contributed by atoms with E-state index in [9.17, 15) is 13.6 Å². The fraction of sp³-hybridized carbons (Fsp3) is 0.500. The Kier molecular flexibility index (Phi) is 4.93. The van der Waals surface area contributed by atoms with Crippen molar-refractivity contribution in [3.8, 4) is 0 Å². The van der Waals surface area contributed by atoms with Gasteiger partial charge in [-0.25, -0.2) is 8.78 Å². The fourth-order valence-electron chi connectivity index (χ4n) is 2.05. The average molecular weight is 286 g/mol. The zero-order valence-corrected chi connectivity index (χ0v) is 11.5. The highest BCUT2D eigenvalue weighted by molar-refractivity contribution is 8.01. The summed E-state index contributed by atoms with van der Waals surface area (Å²) in [5, 5.41) is 0.144. The molecule has 1 fully saturated rings. The maximum absolute atomic E-state index is 13.1. The van der Waals surface area contributed by atoms with Crippen molar-refractivity contribution < 1.29 is 18.3 Å². The van der Waals surface area contributed by atoms with E-state index >= 15 is 0 Å². The predicted octanol–water partition coefficient (Wildman–Crippen LogP) is 3.45. The normalized spacial score (nSPS) is 18.3. The van der Waals surface area contributed by atoms with E-state index in [0.717, 1.165) is 38.2 Å². The first kappa shape index (κ1) is 14.5. The van der Waals surface area contributed by atoms with Gasteiger partial charge in [0.15, 0.2) is 17.4 Å². The van der Waals surface area contributed by atoms with Crippen LogP contribution in [-0.4, -0.2) is 29.5 Å². The molecule has 1 saturated heterocycles. The van der Waals surface area contributed by atoms with Crippen molar-refractivity contribution in [2.24, 2.45) is 0 Å². The SMILES string of the molecule is CC(SC1CCOCC1)C(=O)c1ccc(F)c(F)c1. The summed E-state index contributed by atoms with van der Waals surface area (Å²) < 4.78 is 31.2. The van der Waals surface area contributed by atoms with Crippen LogP contribution in [0.1, 0.15) is 30.1 Å². The van der Waals surface area contributed by atoms with Gasteiger partial charge in [-0.2, -0.15) is 0 Å². The Morgan fingerprint density at radius 2 is 2.00 bits per heavy atom. The Hall–Kier alpha value is -0.940. The molecule has 19 heavy (non-hydrogen) atoms. The second kappa shape index (κ2) is 6.48.